The Labute approximate surface area is 118 Å². The van der Waals surface area contributed by atoms with Gasteiger partial charge in [0, 0.05) is 12.2 Å². The zero-order valence-electron chi connectivity index (χ0n) is 10.5. The minimum Gasteiger partial charge on any atom is -0.358 e. The molecule has 2 aliphatic carbocycles. The van der Waals surface area contributed by atoms with E-state index in [1.807, 2.05) is 18.2 Å². The third-order valence-corrected chi connectivity index (χ3v) is 3.86. The summed E-state index contributed by atoms with van der Waals surface area (Å²) in [6.45, 7) is 0. The number of aromatic nitrogens is 1. The predicted octanol–water partition coefficient (Wildman–Crippen LogP) is 1.84. The van der Waals surface area contributed by atoms with Crippen LogP contribution in [-0.4, -0.2) is 22.4 Å². The molecule has 19 heavy (non-hydrogen) atoms. The van der Waals surface area contributed by atoms with Crippen molar-refractivity contribution in [2.75, 3.05) is 0 Å². The van der Waals surface area contributed by atoms with Crippen LogP contribution in [0.2, 0.25) is 0 Å². The number of hydrogen-bond donors (Lipinski definition) is 2. The van der Waals surface area contributed by atoms with Gasteiger partial charge in [-0.15, -0.1) is 0 Å². The molecule has 1 unspecified atom stereocenters. The van der Waals surface area contributed by atoms with Crippen LogP contribution < -0.4 is 10.7 Å². The molecule has 0 aromatic carbocycles. The number of fused-ring (bicyclic) bond motifs is 2. The minimum atomic E-state index is 0.458. The third kappa shape index (κ3) is 2.98. The van der Waals surface area contributed by atoms with Crippen molar-refractivity contribution in [3.05, 3.63) is 42.2 Å². The Balaban J connectivity index is 1.47. The highest BCUT2D eigenvalue weighted by Crippen LogP contribution is 2.38. The van der Waals surface area contributed by atoms with E-state index in [-0.39, 0.29) is 0 Å². The van der Waals surface area contributed by atoms with Crippen LogP contribution in [0, 0.1) is 11.8 Å². The first-order valence-corrected chi connectivity index (χ1v) is 6.91. The SMILES string of the molecule is S=C(NN=Cc1ccccn1)NC1C[C@H]2C=C[C@@H]1C2. The summed E-state index contributed by atoms with van der Waals surface area (Å²) >= 11 is 5.24. The quantitative estimate of drug-likeness (QED) is 0.381. The fraction of sp³-hybridized carbons (Fsp3) is 0.357. The number of thiocarbonyl (C=S) groups is 1. The van der Waals surface area contributed by atoms with E-state index < -0.39 is 0 Å². The number of hydrazone groups is 1. The average molecular weight is 272 g/mol. The summed E-state index contributed by atoms with van der Waals surface area (Å²) in [6.07, 6.45) is 10.4. The second kappa shape index (κ2) is 5.48. The van der Waals surface area contributed by atoms with Crippen molar-refractivity contribution in [1.29, 1.82) is 0 Å². The van der Waals surface area contributed by atoms with Crippen LogP contribution in [0.25, 0.3) is 0 Å². The molecule has 2 N–H and O–H groups in total. The van der Waals surface area contributed by atoms with Crippen LogP contribution in [0.3, 0.4) is 0 Å². The number of allylic oxidation sites excluding steroid dienone is 1. The monoisotopic (exact) mass is 272 g/mol. The molecule has 0 amide bonds. The van der Waals surface area contributed by atoms with Gasteiger partial charge in [-0.25, -0.2) is 0 Å². The van der Waals surface area contributed by atoms with Crippen molar-refractivity contribution >= 4 is 23.5 Å². The largest absolute Gasteiger partial charge is 0.358 e. The van der Waals surface area contributed by atoms with Crippen LogP contribution in [0.5, 0.6) is 0 Å². The van der Waals surface area contributed by atoms with E-state index in [4.69, 9.17) is 12.2 Å². The van der Waals surface area contributed by atoms with Crippen molar-refractivity contribution in [2.45, 2.75) is 18.9 Å². The Bertz CT molecular complexity index is 511. The van der Waals surface area contributed by atoms with E-state index >= 15 is 0 Å². The van der Waals surface area contributed by atoms with Crippen LogP contribution in [0.15, 0.2) is 41.6 Å². The van der Waals surface area contributed by atoms with E-state index in [0.717, 1.165) is 11.6 Å². The Hall–Kier alpha value is -1.75. The summed E-state index contributed by atoms with van der Waals surface area (Å²) in [7, 11) is 0. The van der Waals surface area contributed by atoms with Crippen molar-refractivity contribution in [2.24, 2.45) is 16.9 Å². The van der Waals surface area contributed by atoms with Gasteiger partial charge in [-0.05, 0) is 49.0 Å². The van der Waals surface area contributed by atoms with E-state index in [2.05, 4.69) is 33.0 Å². The highest BCUT2D eigenvalue weighted by atomic mass is 32.1. The molecule has 5 heteroatoms. The normalized spacial score (nSPS) is 27.9. The number of hydrogen-bond acceptors (Lipinski definition) is 3. The zero-order valence-corrected chi connectivity index (χ0v) is 11.3. The number of nitrogens with zero attached hydrogens (tertiary/aromatic N) is 2. The summed E-state index contributed by atoms with van der Waals surface area (Å²) < 4.78 is 0. The summed E-state index contributed by atoms with van der Waals surface area (Å²) in [5, 5.41) is 8.00. The lowest BCUT2D eigenvalue weighted by Crippen LogP contribution is -2.42. The lowest BCUT2D eigenvalue weighted by atomic mass is 10.0. The maximum absolute atomic E-state index is 5.24. The zero-order chi connectivity index (χ0) is 13.1. The Morgan fingerprint density at radius 2 is 2.32 bits per heavy atom. The van der Waals surface area contributed by atoms with Gasteiger partial charge in [-0.2, -0.15) is 5.10 Å². The van der Waals surface area contributed by atoms with Gasteiger partial charge < -0.3 is 5.32 Å². The second-order valence-corrected chi connectivity index (χ2v) is 5.39. The highest BCUT2D eigenvalue weighted by molar-refractivity contribution is 7.80. The number of nitrogens with one attached hydrogen (secondary N) is 2. The number of pyridine rings is 1. The molecule has 2 bridgehead atoms. The molecule has 0 spiro atoms. The van der Waals surface area contributed by atoms with Crippen LogP contribution in [0.1, 0.15) is 18.5 Å². The Morgan fingerprint density at radius 1 is 1.37 bits per heavy atom. The molecule has 1 saturated carbocycles. The first kappa shape index (κ1) is 12.3. The Morgan fingerprint density at radius 3 is 3.00 bits per heavy atom. The molecular weight excluding hydrogens is 256 g/mol. The number of rotatable bonds is 3. The Kier molecular flexibility index (Phi) is 3.55. The molecule has 1 heterocycles. The third-order valence-electron chi connectivity index (χ3n) is 3.65. The molecule has 1 aromatic heterocycles. The average Bonchev–Trinajstić information content (AvgIpc) is 3.02. The molecule has 98 valence electrons. The van der Waals surface area contributed by atoms with Crippen LogP contribution in [0.4, 0.5) is 0 Å². The fourth-order valence-electron chi connectivity index (χ4n) is 2.76. The molecule has 1 fully saturated rings. The van der Waals surface area contributed by atoms with Crippen LogP contribution >= 0.6 is 12.2 Å². The molecule has 0 aliphatic heterocycles. The molecule has 2 aliphatic rings. The smallest absolute Gasteiger partial charge is 0.187 e. The fourth-order valence-corrected chi connectivity index (χ4v) is 2.96. The summed E-state index contributed by atoms with van der Waals surface area (Å²) in [5.41, 5.74) is 3.65. The van der Waals surface area contributed by atoms with Crippen molar-refractivity contribution in [3.63, 3.8) is 0 Å². The molecule has 0 saturated heterocycles. The van der Waals surface area contributed by atoms with Gasteiger partial charge in [0.15, 0.2) is 5.11 Å². The topological polar surface area (TPSA) is 49.3 Å². The van der Waals surface area contributed by atoms with Gasteiger partial charge in [-0.1, -0.05) is 18.2 Å². The van der Waals surface area contributed by atoms with Crippen molar-refractivity contribution < 1.29 is 0 Å². The first-order chi connectivity index (χ1) is 9.31. The van der Waals surface area contributed by atoms with E-state index in [1.165, 1.54) is 12.8 Å². The maximum atomic E-state index is 5.24. The van der Waals surface area contributed by atoms with Crippen molar-refractivity contribution in [1.82, 2.24) is 15.7 Å². The van der Waals surface area contributed by atoms with E-state index in [1.54, 1.807) is 12.4 Å². The van der Waals surface area contributed by atoms with Gasteiger partial charge in [-0.3, -0.25) is 10.4 Å². The summed E-state index contributed by atoms with van der Waals surface area (Å²) in [6, 6.07) is 6.15. The molecular formula is C14H16N4S. The predicted molar refractivity (Wildman–Crippen MR) is 79.8 cm³/mol. The van der Waals surface area contributed by atoms with E-state index in [9.17, 15) is 0 Å². The van der Waals surface area contributed by atoms with Gasteiger partial charge in [0.1, 0.15) is 0 Å². The molecule has 0 radical (unpaired) electrons. The van der Waals surface area contributed by atoms with Crippen molar-refractivity contribution in [3.8, 4) is 0 Å². The molecule has 3 rings (SSSR count). The standard InChI is InChI=1S/C14H16N4S/c19-14(17-13-8-10-4-5-11(13)7-10)18-16-9-12-3-1-2-6-15-12/h1-6,9-11,13H,7-8H2,(H2,17,18,19)/t10-,11+,13?/m0/s1. The molecule has 3 atom stereocenters. The van der Waals surface area contributed by atoms with E-state index in [0.29, 0.717) is 17.1 Å². The van der Waals surface area contributed by atoms with Gasteiger partial charge in [0.25, 0.3) is 0 Å². The van der Waals surface area contributed by atoms with Crippen LogP contribution in [-0.2, 0) is 0 Å². The van der Waals surface area contributed by atoms with Gasteiger partial charge in [0.05, 0.1) is 11.9 Å². The minimum absolute atomic E-state index is 0.458. The summed E-state index contributed by atoms with van der Waals surface area (Å²) in [5.74, 6) is 1.37. The highest BCUT2D eigenvalue weighted by Gasteiger charge is 2.35. The maximum Gasteiger partial charge on any atom is 0.187 e. The van der Waals surface area contributed by atoms with Gasteiger partial charge in [0.2, 0.25) is 0 Å². The lowest BCUT2D eigenvalue weighted by Gasteiger charge is -2.20. The first-order valence-electron chi connectivity index (χ1n) is 6.50. The molecule has 1 aromatic rings. The second-order valence-electron chi connectivity index (χ2n) is 4.98. The van der Waals surface area contributed by atoms with Gasteiger partial charge >= 0.3 is 0 Å². The lowest BCUT2D eigenvalue weighted by molar-refractivity contribution is 0.521. The molecule has 4 nitrogen and oxygen atoms in total. The summed E-state index contributed by atoms with van der Waals surface area (Å²) in [4.78, 5) is 4.15.